The number of hydrogen-bond donors (Lipinski definition) is 0. The van der Waals surface area contributed by atoms with E-state index in [9.17, 15) is 19.0 Å². The molecule has 0 rings (SSSR count). The molecule has 0 aromatic heterocycles. The van der Waals surface area contributed by atoms with Gasteiger partial charge in [0.05, 0.1) is 27.7 Å². The lowest BCUT2D eigenvalue weighted by atomic mass is 10.0. The lowest BCUT2D eigenvalue weighted by molar-refractivity contribution is -0.870. The summed E-state index contributed by atoms with van der Waals surface area (Å²) in [6, 6.07) is 0. The van der Waals surface area contributed by atoms with Crippen LogP contribution in [0.1, 0.15) is 322 Å². The first-order valence-electron chi connectivity index (χ1n) is 34.6. The van der Waals surface area contributed by atoms with E-state index in [1.165, 1.54) is 218 Å². The summed E-state index contributed by atoms with van der Waals surface area (Å²) in [4.78, 5) is 38.1. The van der Waals surface area contributed by atoms with Crippen LogP contribution in [0.2, 0.25) is 0 Å². The van der Waals surface area contributed by atoms with Gasteiger partial charge in [0.15, 0.2) is 6.10 Å². The first-order chi connectivity index (χ1) is 40.0. The average Bonchev–Trinajstić information content (AvgIpc) is 3.46. The smallest absolute Gasteiger partial charge is 0.306 e. The van der Waals surface area contributed by atoms with Gasteiger partial charge in [0.1, 0.15) is 19.8 Å². The minimum absolute atomic E-state index is 0.0307. The number of carbonyl (C=O) groups is 2. The van der Waals surface area contributed by atoms with Gasteiger partial charge in [-0.05, 0) is 83.5 Å². The second-order valence-electron chi connectivity index (χ2n) is 24.5. The highest BCUT2D eigenvalue weighted by Crippen LogP contribution is 2.38. The topological polar surface area (TPSA) is 111 Å². The molecular weight excluding hydrogens is 1040 g/mol. The molecule has 9 nitrogen and oxygen atoms in total. The molecule has 0 fully saturated rings. The van der Waals surface area contributed by atoms with Crippen LogP contribution < -0.4 is 4.89 Å². The molecular formula is C72H132NO8P. The molecule has 0 amide bonds. The maximum absolute atomic E-state index is 12.9. The summed E-state index contributed by atoms with van der Waals surface area (Å²) in [5.74, 6) is -0.820. The first kappa shape index (κ1) is 79.5. The molecule has 0 N–H and O–H groups in total. The highest BCUT2D eigenvalue weighted by atomic mass is 31.2. The van der Waals surface area contributed by atoms with Crippen molar-refractivity contribution < 1.29 is 42.1 Å². The van der Waals surface area contributed by atoms with Crippen LogP contribution in [0, 0.1) is 0 Å². The van der Waals surface area contributed by atoms with Crippen molar-refractivity contribution in [1.29, 1.82) is 0 Å². The normalized spacial score (nSPS) is 13.6. The number of unbranched alkanes of at least 4 members (excludes halogenated alkanes) is 38. The van der Waals surface area contributed by atoms with Crippen LogP contribution in [0.4, 0.5) is 0 Å². The molecule has 0 spiro atoms. The second kappa shape index (κ2) is 63.0. The summed E-state index contributed by atoms with van der Waals surface area (Å²) in [5.41, 5.74) is 0. The summed E-state index contributed by atoms with van der Waals surface area (Å²) >= 11 is 0. The van der Waals surface area contributed by atoms with E-state index in [1.54, 1.807) is 0 Å². The fourth-order valence-electron chi connectivity index (χ4n) is 9.92. The molecule has 10 heteroatoms. The Morgan fingerprint density at radius 2 is 0.695 bits per heavy atom. The van der Waals surface area contributed by atoms with Gasteiger partial charge in [0.25, 0.3) is 7.82 Å². The molecule has 0 aromatic carbocycles. The van der Waals surface area contributed by atoms with E-state index in [2.05, 4.69) is 86.8 Å². The molecule has 82 heavy (non-hydrogen) atoms. The largest absolute Gasteiger partial charge is 0.756 e. The predicted octanol–water partition coefficient (Wildman–Crippen LogP) is 21.8. The fourth-order valence-corrected chi connectivity index (χ4v) is 10.6. The number of ether oxygens (including phenoxy) is 2. The van der Waals surface area contributed by atoms with Crippen LogP contribution in [0.3, 0.4) is 0 Å². The van der Waals surface area contributed by atoms with Crippen molar-refractivity contribution in [3.05, 3.63) is 72.9 Å². The highest BCUT2D eigenvalue weighted by Gasteiger charge is 2.22. The van der Waals surface area contributed by atoms with Crippen molar-refractivity contribution in [2.75, 3.05) is 47.5 Å². The number of quaternary nitrogens is 1. The van der Waals surface area contributed by atoms with E-state index in [0.717, 1.165) is 70.6 Å². The zero-order valence-corrected chi connectivity index (χ0v) is 55.3. The molecule has 0 saturated carbocycles. The second-order valence-corrected chi connectivity index (χ2v) is 25.9. The number of rotatable bonds is 64. The summed E-state index contributed by atoms with van der Waals surface area (Å²) in [6.45, 7) is 4.16. The summed E-state index contributed by atoms with van der Waals surface area (Å²) in [7, 11) is 1.18. The summed E-state index contributed by atoms with van der Waals surface area (Å²) < 4.78 is 34.3. The van der Waals surface area contributed by atoms with Gasteiger partial charge in [-0.25, -0.2) is 0 Å². The lowest BCUT2D eigenvalue weighted by Gasteiger charge is -2.28. The highest BCUT2D eigenvalue weighted by molar-refractivity contribution is 7.45. The zero-order chi connectivity index (χ0) is 59.8. The van der Waals surface area contributed by atoms with Gasteiger partial charge in [-0.3, -0.25) is 14.2 Å². The van der Waals surface area contributed by atoms with Crippen LogP contribution in [0.25, 0.3) is 0 Å². The minimum Gasteiger partial charge on any atom is -0.756 e. The number of hydrogen-bond acceptors (Lipinski definition) is 8. The Bertz CT molecular complexity index is 1610. The number of likely N-dealkylation sites (N-methyl/N-ethyl adjacent to an activating group) is 1. The van der Waals surface area contributed by atoms with Crippen molar-refractivity contribution in [2.24, 2.45) is 0 Å². The number of phosphoric ester groups is 1. The van der Waals surface area contributed by atoms with Gasteiger partial charge < -0.3 is 27.9 Å². The zero-order valence-electron chi connectivity index (χ0n) is 54.4. The molecule has 0 aromatic rings. The van der Waals surface area contributed by atoms with E-state index in [1.807, 2.05) is 21.1 Å². The molecule has 2 unspecified atom stereocenters. The van der Waals surface area contributed by atoms with E-state index < -0.39 is 26.5 Å². The molecule has 0 aliphatic rings. The lowest BCUT2D eigenvalue weighted by Crippen LogP contribution is -2.37. The van der Waals surface area contributed by atoms with Crippen molar-refractivity contribution in [1.82, 2.24) is 0 Å². The van der Waals surface area contributed by atoms with E-state index >= 15 is 0 Å². The van der Waals surface area contributed by atoms with Gasteiger partial charge in [-0.1, -0.05) is 299 Å². The maximum atomic E-state index is 12.9. The van der Waals surface area contributed by atoms with E-state index in [0.29, 0.717) is 17.4 Å². The van der Waals surface area contributed by atoms with Crippen molar-refractivity contribution >= 4 is 19.8 Å². The van der Waals surface area contributed by atoms with Crippen LogP contribution in [0.15, 0.2) is 72.9 Å². The Balaban J connectivity index is 4.01. The van der Waals surface area contributed by atoms with Crippen LogP contribution in [-0.2, 0) is 32.7 Å². The molecule has 0 saturated heterocycles. The molecule has 0 aliphatic carbocycles. The van der Waals surface area contributed by atoms with Gasteiger partial charge in [0, 0.05) is 12.8 Å². The SMILES string of the molecule is CC/C=C\C/C=C\C/C=C\C/C=C\CCCCCCCCCCCCCCCCCCCCCCC(=O)OC(COC(=O)CCCCCCCCCCCCCCC/C=C\C/C=C\CCCCCCC)COP(=O)([O-])OCC[N+](C)(C)C. The van der Waals surface area contributed by atoms with Gasteiger partial charge >= 0.3 is 11.9 Å². The molecule has 0 aliphatic heterocycles. The Morgan fingerprint density at radius 1 is 0.390 bits per heavy atom. The van der Waals surface area contributed by atoms with Crippen LogP contribution >= 0.6 is 7.82 Å². The van der Waals surface area contributed by atoms with Gasteiger partial charge in [-0.15, -0.1) is 0 Å². The predicted molar refractivity (Wildman–Crippen MR) is 351 cm³/mol. The monoisotopic (exact) mass is 1170 g/mol. The third kappa shape index (κ3) is 66.6. The number of nitrogens with zero attached hydrogens (tertiary/aromatic N) is 1. The van der Waals surface area contributed by atoms with Crippen molar-refractivity contribution in [3.63, 3.8) is 0 Å². The standard InChI is InChI=1S/C72H132NO8P/c1-6-8-10-12-14-16-18-20-22-24-26-28-30-32-33-34-35-36-37-38-39-41-43-45-47-49-51-53-55-57-59-61-63-65-72(75)81-70(69-80-82(76,77)79-67-66-73(3,4)5)68-78-71(74)64-62-60-58-56-54-52-50-48-46-44-42-40-31-29-27-25-23-21-19-17-15-13-11-9-7-2/h8,10,14,16,19-22,25-28,70H,6-7,9,11-13,15,17-18,23-24,29-69H2,1-5H3/b10-8-,16-14-,21-19-,22-20-,27-25-,28-26-. The van der Waals surface area contributed by atoms with Gasteiger partial charge in [-0.2, -0.15) is 0 Å². The number of phosphoric acid groups is 1. The number of carbonyl (C=O) groups excluding carboxylic acids is 2. The first-order valence-corrected chi connectivity index (χ1v) is 36.1. The Kier molecular flexibility index (Phi) is 61.0. The Morgan fingerprint density at radius 3 is 1.04 bits per heavy atom. The van der Waals surface area contributed by atoms with Crippen molar-refractivity contribution in [3.8, 4) is 0 Å². The van der Waals surface area contributed by atoms with Crippen molar-refractivity contribution in [2.45, 2.75) is 328 Å². The fraction of sp³-hybridized carbons (Fsp3) is 0.806. The Labute approximate surface area is 508 Å². The summed E-state index contributed by atoms with van der Waals surface area (Å²) in [5, 5.41) is 0. The molecule has 0 heterocycles. The van der Waals surface area contributed by atoms with E-state index in [4.69, 9.17) is 18.5 Å². The molecule has 0 bridgehead atoms. The third-order valence-corrected chi connectivity index (χ3v) is 16.2. The maximum Gasteiger partial charge on any atom is 0.306 e. The molecule has 2 atom stereocenters. The summed E-state index contributed by atoms with van der Waals surface area (Å²) in [6.07, 6.45) is 84.1. The number of esters is 2. The van der Waals surface area contributed by atoms with Crippen LogP contribution in [-0.4, -0.2) is 70.0 Å². The molecule has 478 valence electrons. The Hall–Kier alpha value is -2.55. The quantitative estimate of drug-likeness (QED) is 0.0195. The molecule has 0 radical (unpaired) electrons. The third-order valence-electron chi connectivity index (χ3n) is 15.2. The van der Waals surface area contributed by atoms with Crippen LogP contribution in [0.5, 0.6) is 0 Å². The van der Waals surface area contributed by atoms with E-state index in [-0.39, 0.29) is 32.0 Å². The minimum atomic E-state index is -4.64. The number of allylic oxidation sites excluding steroid dienone is 12. The average molecular weight is 1170 g/mol. The van der Waals surface area contributed by atoms with Gasteiger partial charge in [0.2, 0.25) is 0 Å².